The van der Waals surface area contributed by atoms with Crippen molar-refractivity contribution < 1.29 is 9.47 Å². The van der Waals surface area contributed by atoms with Crippen LogP contribution in [0.25, 0.3) is 11.2 Å². The Morgan fingerprint density at radius 1 is 1.30 bits per heavy atom. The molecule has 2 aromatic heterocycles. The maximum atomic E-state index is 6.02. The highest BCUT2D eigenvalue weighted by molar-refractivity contribution is 14.1. The summed E-state index contributed by atoms with van der Waals surface area (Å²) in [5, 5.41) is 4.25. The van der Waals surface area contributed by atoms with Crippen LogP contribution in [0.3, 0.4) is 0 Å². The molecule has 8 nitrogen and oxygen atoms in total. The predicted octanol–water partition coefficient (Wildman–Crippen LogP) is 2.89. The Hall–Kier alpha value is -1.79. The van der Waals surface area contributed by atoms with Crippen molar-refractivity contribution in [2.24, 2.45) is 0 Å². The smallest absolute Gasteiger partial charge is 0.231 e. The molecule has 3 N–H and O–H groups in total. The molecule has 0 atom stereocenters. The summed E-state index contributed by atoms with van der Waals surface area (Å²) in [7, 11) is 0. The number of benzene rings is 1. The summed E-state index contributed by atoms with van der Waals surface area (Å²) in [5.41, 5.74) is 7.39. The largest absolute Gasteiger partial charge is 0.454 e. The Morgan fingerprint density at radius 2 is 2.07 bits per heavy atom. The summed E-state index contributed by atoms with van der Waals surface area (Å²) in [6, 6.07) is 4.37. The van der Waals surface area contributed by atoms with E-state index in [1.165, 1.54) is 6.33 Å². The second-order valence-electron chi connectivity index (χ2n) is 6.32. The van der Waals surface area contributed by atoms with E-state index in [0.29, 0.717) is 17.4 Å². The van der Waals surface area contributed by atoms with Crippen LogP contribution in [0.5, 0.6) is 11.5 Å². The van der Waals surface area contributed by atoms with E-state index in [-0.39, 0.29) is 6.79 Å². The van der Waals surface area contributed by atoms with Crippen molar-refractivity contribution in [2.45, 2.75) is 36.5 Å². The Bertz CT molecular complexity index is 993. The van der Waals surface area contributed by atoms with Gasteiger partial charge in [-0.3, -0.25) is 0 Å². The van der Waals surface area contributed by atoms with Gasteiger partial charge >= 0.3 is 0 Å². The van der Waals surface area contributed by atoms with Crippen molar-refractivity contribution in [3.63, 3.8) is 0 Å². The topological polar surface area (TPSA) is 100 Å². The molecule has 0 unspecified atom stereocenters. The van der Waals surface area contributed by atoms with Crippen molar-refractivity contribution in [3.05, 3.63) is 22.0 Å². The minimum atomic E-state index is 0.255. The normalized spacial score (nSPS) is 13.0. The summed E-state index contributed by atoms with van der Waals surface area (Å²) >= 11 is 3.85. The highest BCUT2D eigenvalue weighted by Crippen LogP contribution is 2.41. The lowest BCUT2D eigenvalue weighted by Gasteiger charge is -2.12. The van der Waals surface area contributed by atoms with Crippen LogP contribution in [0.1, 0.15) is 13.8 Å². The van der Waals surface area contributed by atoms with Crippen molar-refractivity contribution in [1.29, 1.82) is 0 Å². The molecular weight excluding hydrogens is 479 g/mol. The number of nitrogens with zero attached hydrogens (tertiary/aromatic N) is 4. The molecule has 0 saturated heterocycles. The molecule has 0 aliphatic carbocycles. The van der Waals surface area contributed by atoms with E-state index in [4.69, 9.17) is 20.2 Å². The third kappa shape index (κ3) is 3.78. The van der Waals surface area contributed by atoms with Crippen LogP contribution in [0.15, 0.2) is 28.5 Å². The number of nitrogens with one attached hydrogen (secondary N) is 1. The monoisotopic (exact) mass is 498 g/mol. The number of anilines is 1. The fraction of sp³-hybridized carbons (Fsp3) is 0.353. The molecule has 0 bridgehead atoms. The third-order valence-corrected chi connectivity index (χ3v) is 6.35. The van der Waals surface area contributed by atoms with Crippen LogP contribution in [0.2, 0.25) is 0 Å². The predicted molar refractivity (Wildman–Crippen MR) is 112 cm³/mol. The lowest BCUT2D eigenvalue weighted by molar-refractivity contribution is 0.174. The van der Waals surface area contributed by atoms with Gasteiger partial charge in [-0.25, -0.2) is 15.0 Å². The second kappa shape index (κ2) is 7.68. The number of nitrogens with two attached hydrogens (primary N) is 1. The van der Waals surface area contributed by atoms with Gasteiger partial charge in [-0.1, -0.05) is 25.6 Å². The number of fused-ring (bicyclic) bond motifs is 2. The maximum absolute atomic E-state index is 6.02. The number of aromatic nitrogens is 4. The lowest BCUT2D eigenvalue weighted by atomic mass is 10.3. The molecule has 1 aliphatic rings. The first-order valence-corrected chi connectivity index (χ1v) is 10.4. The van der Waals surface area contributed by atoms with Crippen molar-refractivity contribution >= 4 is 51.3 Å². The number of hydrogen-bond acceptors (Lipinski definition) is 8. The molecule has 0 radical (unpaired) electrons. The van der Waals surface area contributed by atoms with Crippen LogP contribution < -0.4 is 20.5 Å². The molecule has 0 spiro atoms. The van der Waals surface area contributed by atoms with E-state index in [0.717, 1.165) is 43.9 Å². The summed E-state index contributed by atoms with van der Waals surface area (Å²) in [6.07, 6.45) is 1.48. The van der Waals surface area contributed by atoms with Gasteiger partial charge in [-0.05, 0) is 34.7 Å². The van der Waals surface area contributed by atoms with Gasteiger partial charge in [0.25, 0.3) is 0 Å². The molecule has 1 aliphatic heterocycles. The molecule has 27 heavy (non-hydrogen) atoms. The average molecular weight is 498 g/mol. The lowest BCUT2D eigenvalue weighted by Crippen LogP contribution is -2.26. The van der Waals surface area contributed by atoms with E-state index in [9.17, 15) is 0 Å². The average Bonchev–Trinajstić information content (AvgIpc) is 3.21. The van der Waals surface area contributed by atoms with E-state index in [1.807, 2.05) is 12.1 Å². The number of nitrogen functional groups attached to an aromatic ring is 1. The summed E-state index contributed by atoms with van der Waals surface area (Å²) in [6.45, 7) is 6.03. The fourth-order valence-corrected chi connectivity index (χ4v) is 4.47. The van der Waals surface area contributed by atoms with Crippen molar-refractivity contribution in [3.8, 4) is 11.5 Å². The molecule has 1 aromatic carbocycles. The van der Waals surface area contributed by atoms with E-state index in [1.54, 1.807) is 11.8 Å². The number of hydrogen-bond donors (Lipinski definition) is 2. The Labute approximate surface area is 174 Å². The summed E-state index contributed by atoms with van der Waals surface area (Å²) in [5.74, 6) is 1.91. The molecule has 3 heterocycles. The number of imidazole rings is 1. The van der Waals surface area contributed by atoms with Crippen LogP contribution in [0.4, 0.5) is 5.82 Å². The van der Waals surface area contributed by atoms with Gasteiger partial charge in [0.05, 0.1) is 0 Å². The van der Waals surface area contributed by atoms with E-state index < -0.39 is 0 Å². The molecule has 4 rings (SSSR count). The van der Waals surface area contributed by atoms with Crippen molar-refractivity contribution in [1.82, 2.24) is 24.8 Å². The third-order valence-electron chi connectivity index (χ3n) is 4.04. The number of halogens is 1. The maximum Gasteiger partial charge on any atom is 0.231 e. The first-order valence-electron chi connectivity index (χ1n) is 8.50. The SMILES string of the molecule is CC(C)NCCn1c(Sc2cc3c(cc2I)OCO3)nc2c(N)ncnc21. The molecule has 10 heteroatoms. The molecular formula is C17H19IN6O2S. The van der Waals surface area contributed by atoms with Gasteiger partial charge in [-0.15, -0.1) is 0 Å². The van der Waals surface area contributed by atoms with Gasteiger partial charge in [0.1, 0.15) is 6.33 Å². The molecule has 3 aromatic rings. The molecule has 0 fully saturated rings. The zero-order valence-electron chi connectivity index (χ0n) is 14.9. The zero-order valence-corrected chi connectivity index (χ0v) is 17.9. The van der Waals surface area contributed by atoms with Crippen molar-refractivity contribution in [2.75, 3.05) is 19.1 Å². The minimum absolute atomic E-state index is 0.255. The Morgan fingerprint density at radius 3 is 2.85 bits per heavy atom. The van der Waals surface area contributed by atoms with Crippen LogP contribution in [0, 0.1) is 3.57 Å². The Balaban J connectivity index is 1.71. The highest BCUT2D eigenvalue weighted by atomic mass is 127. The highest BCUT2D eigenvalue weighted by Gasteiger charge is 2.20. The van der Waals surface area contributed by atoms with Gasteiger partial charge in [0, 0.05) is 27.6 Å². The zero-order chi connectivity index (χ0) is 19.0. The van der Waals surface area contributed by atoms with Crippen LogP contribution >= 0.6 is 34.4 Å². The van der Waals surface area contributed by atoms with E-state index >= 15 is 0 Å². The number of rotatable bonds is 6. The van der Waals surface area contributed by atoms with Gasteiger partial charge in [-0.2, -0.15) is 0 Å². The first kappa shape index (κ1) is 18.6. The second-order valence-corrected chi connectivity index (χ2v) is 8.50. The fourth-order valence-electron chi connectivity index (χ4n) is 2.75. The standard InChI is InChI=1S/C17H19IN6O2S/c1-9(2)20-3-4-24-16-14(15(19)21-7-22-16)23-17(24)27-13-6-12-11(5-10(13)18)25-8-26-12/h5-7,9,20H,3-4,8H2,1-2H3,(H2,19,21,22). The first-order chi connectivity index (χ1) is 13.0. The van der Waals surface area contributed by atoms with Gasteiger partial charge < -0.3 is 25.1 Å². The molecule has 0 amide bonds. The Kier molecular flexibility index (Phi) is 5.28. The minimum Gasteiger partial charge on any atom is -0.454 e. The van der Waals surface area contributed by atoms with E-state index in [2.05, 4.69) is 56.3 Å². The molecule has 0 saturated carbocycles. The van der Waals surface area contributed by atoms with Gasteiger partial charge in [0.15, 0.2) is 33.6 Å². The van der Waals surface area contributed by atoms with Crippen LogP contribution in [-0.2, 0) is 6.54 Å². The van der Waals surface area contributed by atoms with Gasteiger partial charge in [0.2, 0.25) is 6.79 Å². The summed E-state index contributed by atoms with van der Waals surface area (Å²) in [4.78, 5) is 14.2. The number of ether oxygens (including phenoxy) is 2. The summed E-state index contributed by atoms with van der Waals surface area (Å²) < 4.78 is 14.1. The quantitative estimate of drug-likeness (QED) is 0.501. The molecule has 142 valence electrons. The van der Waals surface area contributed by atoms with Crippen LogP contribution in [-0.4, -0.2) is 38.9 Å².